The first-order valence-electron chi connectivity index (χ1n) is 4.12. The first-order chi connectivity index (χ1) is 6.36. The SMILES string of the molecule is C=C(C)C(=O)N(CCC(N)=O)C(C)=O. The average molecular weight is 198 g/mol. The number of amides is 3. The summed E-state index contributed by atoms with van der Waals surface area (Å²) in [6.45, 7) is 6.19. The Labute approximate surface area is 82.6 Å². The van der Waals surface area contributed by atoms with Gasteiger partial charge in [-0.1, -0.05) is 6.58 Å². The zero-order chi connectivity index (χ0) is 11.3. The summed E-state index contributed by atoms with van der Waals surface area (Å²) >= 11 is 0. The summed E-state index contributed by atoms with van der Waals surface area (Å²) in [7, 11) is 0. The minimum Gasteiger partial charge on any atom is -0.370 e. The molecule has 5 nitrogen and oxygen atoms in total. The molecule has 0 fully saturated rings. The van der Waals surface area contributed by atoms with E-state index in [-0.39, 0.29) is 18.5 Å². The topological polar surface area (TPSA) is 80.5 Å². The van der Waals surface area contributed by atoms with Crippen molar-refractivity contribution in [3.63, 3.8) is 0 Å². The highest BCUT2D eigenvalue weighted by molar-refractivity contribution is 6.03. The molecule has 0 aliphatic rings. The van der Waals surface area contributed by atoms with E-state index in [2.05, 4.69) is 6.58 Å². The van der Waals surface area contributed by atoms with Crippen molar-refractivity contribution in [3.8, 4) is 0 Å². The Morgan fingerprint density at radius 2 is 1.79 bits per heavy atom. The second-order valence-corrected chi connectivity index (χ2v) is 2.97. The highest BCUT2D eigenvalue weighted by Gasteiger charge is 2.18. The van der Waals surface area contributed by atoms with Crippen LogP contribution in [-0.4, -0.2) is 29.2 Å². The van der Waals surface area contributed by atoms with E-state index < -0.39 is 17.7 Å². The van der Waals surface area contributed by atoms with Crippen molar-refractivity contribution in [2.75, 3.05) is 6.54 Å². The second kappa shape index (κ2) is 5.16. The van der Waals surface area contributed by atoms with E-state index in [0.717, 1.165) is 4.90 Å². The van der Waals surface area contributed by atoms with Crippen LogP contribution in [0.5, 0.6) is 0 Å². The summed E-state index contributed by atoms with van der Waals surface area (Å²) in [5, 5.41) is 0. The molecule has 0 heterocycles. The van der Waals surface area contributed by atoms with Gasteiger partial charge in [0.15, 0.2) is 0 Å². The molecule has 0 bridgehead atoms. The van der Waals surface area contributed by atoms with Gasteiger partial charge in [0.2, 0.25) is 11.8 Å². The molecule has 5 heteroatoms. The number of imide groups is 1. The van der Waals surface area contributed by atoms with Crippen molar-refractivity contribution in [3.05, 3.63) is 12.2 Å². The van der Waals surface area contributed by atoms with E-state index >= 15 is 0 Å². The smallest absolute Gasteiger partial charge is 0.255 e. The van der Waals surface area contributed by atoms with Gasteiger partial charge in [0, 0.05) is 25.5 Å². The summed E-state index contributed by atoms with van der Waals surface area (Å²) < 4.78 is 0. The van der Waals surface area contributed by atoms with Gasteiger partial charge >= 0.3 is 0 Å². The molecule has 0 aliphatic carbocycles. The Morgan fingerprint density at radius 1 is 1.29 bits per heavy atom. The van der Waals surface area contributed by atoms with Gasteiger partial charge in [-0.3, -0.25) is 19.3 Å². The van der Waals surface area contributed by atoms with Crippen LogP contribution in [0.2, 0.25) is 0 Å². The standard InChI is InChI=1S/C9H14N2O3/c1-6(2)9(14)11(7(3)12)5-4-8(10)13/h1,4-5H2,2-3H3,(H2,10,13). The molecule has 0 saturated heterocycles. The minimum absolute atomic E-state index is 0.0103. The maximum atomic E-state index is 11.4. The molecule has 0 atom stereocenters. The molecule has 0 aromatic rings. The van der Waals surface area contributed by atoms with Crippen molar-refractivity contribution >= 4 is 17.7 Å². The van der Waals surface area contributed by atoms with Gasteiger partial charge in [-0.2, -0.15) is 0 Å². The van der Waals surface area contributed by atoms with Crippen LogP contribution in [0.15, 0.2) is 12.2 Å². The molecule has 14 heavy (non-hydrogen) atoms. The number of rotatable bonds is 4. The summed E-state index contributed by atoms with van der Waals surface area (Å²) in [5.41, 5.74) is 5.16. The molecular formula is C9H14N2O3. The van der Waals surface area contributed by atoms with Crippen molar-refractivity contribution < 1.29 is 14.4 Å². The third-order valence-electron chi connectivity index (χ3n) is 1.57. The summed E-state index contributed by atoms with van der Waals surface area (Å²) in [5.74, 6) is -1.44. The van der Waals surface area contributed by atoms with E-state index in [4.69, 9.17) is 5.73 Å². The minimum atomic E-state index is -0.550. The van der Waals surface area contributed by atoms with Crippen LogP contribution in [0.1, 0.15) is 20.3 Å². The number of carbonyl (C=O) groups is 3. The van der Waals surface area contributed by atoms with Gasteiger partial charge < -0.3 is 5.73 Å². The Hall–Kier alpha value is -1.65. The Kier molecular flexibility index (Phi) is 4.55. The molecule has 0 rings (SSSR count). The van der Waals surface area contributed by atoms with Crippen LogP contribution in [0, 0.1) is 0 Å². The monoisotopic (exact) mass is 198 g/mol. The molecule has 0 aromatic carbocycles. The fourth-order valence-corrected chi connectivity index (χ4v) is 0.854. The largest absolute Gasteiger partial charge is 0.370 e. The average Bonchev–Trinajstić information content (AvgIpc) is 2.02. The van der Waals surface area contributed by atoms with Gasteiger partial charge in [0.05, 0.1) is 0 Å². The quantitative estimate of drug-likeness (QED) is 0.636. The Morgan fingerprint density at radius 3 is 2.07 bits per heavy atom. The van der Waals surface area contributed by atoms with Crippen molar-refractivity contribution in [1.82, 2.24) is 4.90 Å². The molecule has 0 unspecified atom stereocenters. The number of carbonyl (C=O) groups excluding carboxylic acids is 3. The maximum Gasteiger partial charge on any atom is 0.255 e. The lowest BCUT2D eigenvalue weighted by molar-refractivity contribution is -0.141. The summed E-state index contributed by atoms with van der Waals surface area (Å²) in [6.07, 6.45) is -0.0292. The van der Waals surface area contributed by atoms with Gasteiger partial charge in [0.1, 0.15) is 0 Å². The number of nitrogens with zero attached hydrogens (tertiary/aromatic N) is 1. The predicted octanol–water partition coefficient (Wildman–Crippen LogP) is -0.187. The fraction of sp³-hybridized carbons (Fsp3) is 0.444. The highest BCUT2D eigenvalue weighted by atomic mass is 16.2. The molecule has 0 saturated carbocycles. The van der Waals surface area contributed by atoms with Gasteiger partial charge in [-0.05, 0) is 6.92 Å². The Bertz CT molecular complexity index is 284. The molecular weight excluding hydrogens is 184 g/mol. The Balaban J connectivity index is 4.45. The number of primary amides is 1. The lowest BCUT2D eigenvalue weighted by Crippen LogP contribution is -2.37. The highest BCUT2D eigenvalue weighted by Crippen LogP contribution is 2.00. The molecule has 0 aromatic heterocycles. The normalized spacial score (nSPS) is 9.29. The molecule has 0 spiro atoms. The summed E-state index contributed by atoms with van der Waals surface area (Å²) in [6, 6.07) is 0. The molecule has 0 aliphatic heterocycles. The lowest BCUT2D eigenvalue weighted by Gasteiger charge is -2.17. The number of hydrogen-bond donors (Lipinski definition) is 1. The molecule has 3 amide bonds. The maximum absolute atomic E-state index is 11.4. The molecule has 2 N–H and O–H groups in total. The second-order valence-electron chi connectivity index (χ2n) is 2.97. The van der Waals surface area contributed by atoms with Crippen LogP contribution >= 0.6 is 0 Å². The zero-order valence-electron chi connectivity index (χ0n) is 8.37. The predicted molar refractivity (Wildman–Crippen MR) is 51.0 cm³/mol. The third kappa shape index (κ3) is 3.84. The first-order valence-corrected chi connectivity index (χ1v) is 4.12. The van der Waals surface area contributed by atoms with Crippen LogP contribution in [0.4, 0.5) is 0 Å². The van der Waals surface area contributed by atoms with Crippen molar-refractivity contribution in [2.45, 2.75) is 20.3 Å². The van der Waals surface area contributed by atoms with Gasteiger partial charge in [-0.25, -0.2) is 0 Å². The third-order valence-corrected chi connectivity index (χ3v) is 1.57. The van der Waals surface area contributed by atoms with Crippen LogP contribution in [-0.2, 0) is 14.4 Å². The zero-order valence-corrected chi connectivity index (χ0v) is 8.37. The molecule has 78 valence electrons. The van der Waals surface area contributed by atoms with E-state index in [1.165, 1.54) is 13.8 Å². The van der Waals surface area contributed by atoms with Crippen molar-refractivity contribution in [1.29, 1.82) is 0 Å². The van der Waals surface area contributed by atoms with Crippen LogP contribution < -0.4 is 5.73 Å². The van der Waals surface area contributed by atoms with Crippen LogP contribution in [0.25, 0.3) is 0 Å². The summed E-state index contributed by atoms with van der Waals surface area (Å²) in [4.78, 5) is 33.8. The lowest BCUT2D eigenvalue weighted by atomic mass is 10.2. The van der Waals surface area contributed by atoms with Crippen LogP contribution in [0.3, 0.4) is 0 Å². The van der Waals surface area contributed by atoms with E-state index in [1.54, 1.807) is 0 Å². The fourth-order valence-electron chi connectivity index (χ4n) is 0.854. The van der Waals surface area contributed by atoms with Crippen molar-refractivity contribution in [2.24, 2.45) is 5.73 Å². The van der Waals surface area contributed by atoms with Gasteiger partial charge in [-0.15, -0.1) is 0 Å². The number of hydrogen-bond acceptors (Lipinski definition) is 3. The van der Waals surface area contributed by atoms with E-state index in [9.17, 15) is 14.4 Å². The van der Waals surface area contributed by atoms with E-state index in [1.807, 2.05) is 0 Å². The first kappa shape index (κ1) is 12.3. The number of nitrogens with two attached hydrogens (primary N) is 1. The molecule has 0 radical (unpaired) electrons. The van der Waals surface area contributed by atoms with Gasteiger partial charge in [0.25, 0.3) is 5.91 Å². The van der Waals surface area contributed by atoms with E-state index in [0.29, 0.717) is 0 Å².